The molecule has 1 fully saturated rings. The lowest BCUT2D eigenvalue weighted by Crippen LogP contribution is -2.33. The van der Waals surface area contributed by atoms with Gasteiger partial charge in [-0.1, -0.05) is 25.6 Å². The summed E-state index contributed by atoms with van der Waals surface area (Å²) in [6.45, 7) is 5.14. The van der Waals surface area contributed by atoms with Crippen molar-refractivity contribution >= 4 is 17.2 Å². The summed E-state index contributed by atoms with van der Waals surface area (Å²) in [7, 11) is 0. The standard InChI is InChI=1S/C15H21FN2S/c1-2-11-5-7-18(8-6-11)10-12-9-13(16)3-4-14(12)15(17)19/h3-4,9,11H,2,5-8,10H2,1H3,(H2,17,19). The zero-order valence-corrected chi connectivity index (χ0v) is 12.2. The van der Waals surface area contributed by atoms with E-state index in [9.17, 15) is 4.39 Å². The highest BCUT2D eigenvalue weighted by atomic mass is 32.1. The molecule has 2 rings (SSSR count). The van der Waals surface area contributed by atoms with Crippen LogP contribution in [0.1, 0.15) is 37.3 Å². The minimum atomic E-state index is -0.224. The van der Waals surface area contributed by atoms with Crippen molar-refractivity contribution in [2.45, 2.75) is 32.7 Å². The molecular formula is C15H21FN2S. The summed E-state index contributed by atoms with van der Waals surface area (Å²) < 4.78 is 13.4. The fraction of sp³-hybridized carbons (Fsp3) is 0.533. The van der Waals surface area contributed by atoms with E-state index in [-0.39, 0.29) is 5.82 Å². The van der Waals surface area contributed by atoms with Crippen molar-refractivity contribution in [2.24, 2.45) is 11.7 Å². The Kier molecular flexibility index (Phi) is 4.88. The Morgan fingerprint density at radius 1 is 1.42 bits per heavy atom. The van der Waals surface area contributed by atoms with E-state index in [0.717, 1.165) is 36.7 Å². The normalized spacial score (nSPS) is 17.6. The number of thiocarbonyl (C=S) groups is 1. The quantitative estimate of drug-likeness (QED) is 0.859. The maximum atomic E-state index is 13.4. The van der Waals surface area contributed by atoms with Crippen molar-refractivity contribution in [3.63, 3.8) is 0 Å². The molecule has 104 valence electrons. The minimum absolute atomic E-state index is 0.224. The van der Waals surface area contributed by atoms with E-state index < -0.39 is 0 Å². The topological polar surface area (TPSA) is 29.3 Å². The molecule has 1 aliphatic heterocycles. The lowest BCUT2D eigenvalue weighted by Gasteiger charge is -2.31. The maximum absolute atomic E-state index is 13.4. The second-order valence-electron chi connectivity index (χ2n) is 5.29. The minimum Gasteiger partial charge on any atom is -0.389 e. The van der Waals surface area contributed by atoms with Crippen molar-refractivity contribution in [3.8, 4) is 0 Å². The van der Waals surface area contributed by atoms with E-state index in [2.05, 4.69) is 11.8 Å². The number of benzene rings is 1. The van der Waals surface area contributed by atoms with Gasteiger partial charge in [-0.15, -0.1) is 0 Å². The summed E-state index contributed by atoms with van der Waals surface area (Å²) in [6.07, 6.45) is 3.72. The molecule has 4 heteroatoms. The molecule has 0 aliphatic carbocycles. The van der Waals surface area contributed by atoms with Crippen LogP contribution in [-0.4, -0.2) is 23.0 Å². The van der Waals surface area contributed by atoms with Crippen LogP contribution in [0.5, 0.6) is 0 Å². The van der Waals surface area contributed by atoms with Gasteiger partial charge in [0.25, 0.3) is 0 Å². The first-order valence-electron chi connectivity index (χ1n) is 6.90. The molecule has 1 aliphatic rings. The fourth-order valence-electron chi connectivity index (χ4n) is 2.73. The van der Waals surface area contributed by atoms with E-state index in [1.54, 1.807) is 12.1 Å². The van der Waals surface area contributed by atoms with Crippen LogP contribution in [0.25, 0.3) is 0 Å². The Morgan fingerprint density at radius 2 is 2.11 bits per heavy atom. The molecule has 2 nitrogen and oxygen atoms in total. The molecule has 0 aromatic heterocycles. The lowest BCUT2D eigenvalue weighted by atomic mass is 9.94. The van der Waals surface area contributed by atoms with Gasteiger partial charge in [-0.05, 0) is 55.6 Å². The SMILES string of the molecule is CCC1CCN(Cc2cc(F)ccc2C(N)=S)CC1. The van der Waals surface area contributed by atoms with Crippen LogP contribution in [0.3, 0.4) is 0 Å². The molecule has 0 saturated carbocycles. The molecular weight excluding hydrogens is 259 g/mol. The number of hydrogen-bond acceptors (Lipinski definition) is 2. The number of piperidine rings is 1. The molecule has 0 spiro atoms. The Bertz CT molecular complexity index is 453. The smallest absolute Gasteiger partial charge is 0.123 e. The van der Waals surface area contributed by atoms with Gasteiger partial charge in [0.1, 0.15) is 10.8 Å². The Balaban J connectivity index is 2.06. The van der Waals surface area contributed by atoms with Crippen LogP contribution in [0.4, 0.5) is 4.39 Å². The molecule has 1 heterocycles. The highest BCUT2D eigenvalue weighted by Crippen LogP contribution is 2.22. The summed E-state index contributed by atoms with van der Waals surface area (Å²) in [6, 6.07) is 4.66. The lowest BCUT2D eigenvalue weighted by molar-refractivity contribution is 0.175. The van der Waals surface area contributed by atoms with E-state index in [4.69, 9.17) is 18.0 Å². The molecule has 0 radical (unpaired) electrons. The molecule has 0 unspecified atom stereocenters. The van der Waals surface area contributed by atoms with E-state index >= 15 is 0 Å². The maximum Gasteiger partial charge on any atom is 0.123 e. The third-order valence-corrected chi connectivity index (χ3v) is 4.23. The number of nitrogens with zero attached hydrogens (tertiary/aromatic N) is 1. The largest absolute Gasteiger partial charge is 0.389 e. The predicted octanol–water partition coefficient (Wildman–Crippen LogP) is 3.08. The van der Waals surface area contributed by atoms with Gasteiger partial charge in [0.2, 0.25) is 0 Å². The molecule has 2 N–H and O–H groups in total. The third-order valence-electron chi connectivity index (χ3n) is 4.01. The molecule has 19 heavy (non-hydrogen) atoms. The van der Waals surface area contributed by atoms with E-state index in [0.29, 0.717) is 4.99 Å². The van der Waals surface area contributed by atoms with Crippen molar-refractivity contribution in [2.75, 3.05) is 13.1 Å². The van der Waals surface area contributed by atoms with Gasteiger partial charge in [0, 0.05) is 12.1 Å². The highest BCUT2D eigenvalue weighted by Gasteiger charge is 2.19. The highest BCUT2D eigenvalue weighted by molar-refractivity contribution is 7.80. The van der Waals surface area contributed by atoms with Crippen LogP contribution < -0.4 is 5.73 Å². The van der Waals surface area contributed by atoms with Crippen molar-refractivity contribution in [1.82, 2.24) is 4.90 Å². The van der Waals surface area contributed by atoms with Gasteiger partial charge in [-0.2, -0.15) is 0 Å². The molecule has 1 aromatic carbocycles. The summed E-state index contributed by atoms with van der Waals surface area (Å²) in [5.74, 6) is 0.622. The van der Waals surface area contributed by atoms with Crippen LogP contribution in [-0.2, 0) is 6.54 Å². The van der Waals surface area contributed by atoms with Gasteiger partial charge in [-0.25, -0.2) is 4.39 Å². The first kappa shape index (κ1) is 14.4. The number of rotatable bonds is 4. The fourth-order valence-corrected chi connectivity index (χ4v) is 2.93. The van der Waals surface area contributed by atoms with Crippen LogP contribution >= 0.6 is 12.2 Å². The van der Waals surface area contributed by atoms with Gasteiger partial charge in [-0.3, -0.25) is 4.90 Å². The van der Waals surface area contributed by atoms with Crippen molar-refractivity contribution in [3.05, 3.63) is 35.1 Å². The van der Waals surface area contributed by atoms with Gasteiger partial charge < -0.3 is 5.73 Å². The second kappa shape index (κ2) is 6.44. The zero-order valence-electron chi connectivity index (χ0n) is 11.4. The number of likely N-dealkylation sites (tertiary alicyclic amines) is 1. The van der Waals surface area contributed by atoms with E-state index in [1.165, 1.54) is 25.3 Å². The first-order chi connectivity index (χ1) is 9.10. The Morgan fingerprint density at radius 3 is 2.68 bits per heavy atom. The summed E-state index contributed by atoms with van der Waals surface area (Å²) in [5.41, 5.74) is 7.41. The van der Waals surface area contributed by atoms with Gasteiger partial charge in [0.05, 0.1) is 0 Å². The Hall–Kier alpha value is -1.00. The third kappa shape index (κ3) is 3.74. The van der Waals surface area contributed by atoms with E-state index in [1.807, 2.05) is 0 Å². The number of nitrogens with two attached hydrogens (primary N) is 1. The summed E-state index contributed by atoms with van der Waals surface area (Å²) >= 11 is 5.03. The number of halogens is 1. The molecule has 1 aromatic rings. The average molecular weight is 280 g/mol. The van der Waals surface area contributed by atoms with Crippen molar-refractivity contribution < 1.29 is 4.39 Å². The molecule has 0 bridgehead atoms. The molecule has 0 amide bonds. The predicted molar refractivity (Wildman–Crippen MR) is 80.6 cm³/mol. The zero-order chi connectivity index (χ0) is 13.8. The Labute approximate surface area is 119 Å². The average Bonchev–Trinajstić information content (AvgIpc) is 2.39. The molecule has 1 saturated heterocycles. The van der Waals surface area contributed by atoms with Crippen molar-refractivity contribution in [1.29, 1.82) is 0 Å². The molecule has 0 atom stereocenters. The van der Waals surface area contributed by atoms with Crippen LogP contribution in [0.15, 0.2) is 18.2 Å². The summed E-state index contributed by atoms with van der Waals surface area (Å²) in [5, 5.41) is 0. The van der Waals surface area contributed by atoms with Crippen LogP contribution in [0, 0.1) is 11.7 Å². The van der Waals surface area contributed by atoms with Gasteiger partial charge in [0.15, 0.2) is 0 Å². The number of hydrogen-bond donors (Lipinski definition) is 1. The van der Waals surface area contributed by atoms with Crippen LogP contribution in [0.2, 0.25) is 0 Å². The van der Waals surface area contributed by atoms with Gasteiger partial charge >= 0.3 is 0 Å². The second-order valence-corrected chi connectivity index (χ2v) is 5.73. The summed E-state index contributed by atoms with van der Waals surface area (Å²) in [4.78, 5) is 2.71. The monoisotopic (exact) mass is 280 g/mol. The first-order valence-corrected chi connectivity index (χ1v) is 7.31.